The van der Waals surface area contributed by atoms with Crippen molar-refractivity contribution in [1.82, 2.24) is 0 Å². The van der Waals surface area contributed by atoms with E-state index in [4.69, 9.17) is 16.9 Å². The fourth-order valence-electron chi connectivity index (χ4n) is 1.63. The minimum absolute atomic E-state index is 0.146. The van der Waals surface area contributed by atoms with Gasteiger partial charge in [-0.05, 0) is 35.9 Å². The second-order valence-corrected chi connectivity index (χ2v) is 6.84. The molecular formula is C14H10BrClN2O2S. The summed E-state index contributed by atoms with van der Waals surface area (Å²) in [6.07, 6.45) is 0. The van der Waals surface area contributed by atoms with E-state index in [0.717, 1.165) is 5.56 Å². The van der Waals surface area contributed by atoms with Gasteiger partial charge < -0.3 is 0 Å². The molecule has 108 valence electrons. The summed E-state index contributed by atoms with van der Waals surface area (Å²) in [5.74, 6) is 0. The summed E-state index contributed by atoms with van der Waals surface area (Å²) in [5, 5.41) is 9.59. The van der Waals surface area contributed by atoms with Crippen molar-refractivity contribution < 1.29 is 8.42 Å². The Balaban J connectivity index is 2.30. The number of anilines is 1. The third-order valence-electron chi connectivity index (χ3n) is 2.73. The van der Waals surface area contributed by atoms with Crippen LogP contribution in [0.25, 0.3) is 0 Å². The number of hydrogen-bond donors (Lipinski definition) is 1. The van der Waals surface area contributed by atoms with E-state index in [1.165, 1.54) is 30.3 Å². The molecular weight excluding hydrogens is 376 g/mol. The molecule has 0 saturated carbocycles. The highest BCUT2D eigenvalue weighted by molar-refractivity contribution is 9.08. The van der Waals surface area contributed by atoms with Gasteiger partial charge in [0, 0.05) is 5.33 Å². The minimum Gasteiger partial charge on any atom is -0.278 e. The van der Waals surface area contributed by atoms with E-state index >= 15 is 0 Å². The van der Waals surface area contributed by atoms with Crippen molar-refractivity contribution in [1.29, 1.82) is 5.26 Å². The van der Waals surface area contributed by atoms with Crippen molar-refractivity contribution in [2.75, 3.05) is 4.72 Å². The molecule has 0 amide bonds. The van der Waals surface area contributed by atoms with Gasteiger partial charge in [0.1, 0.15) is 0 Å². The van der Waals surface area contributed by atoms with Crippen molar-refractivity contribution in [2.45, 2.75) is 10.2 Å². The molecule has 0 atom stereocenters. The molecule has 0 fully saturated rings. The van der Waals surface area contributed by atoms with Crippen LogP contribution in [0.2, 0.25) is 5.02 Å². The van der Waals surface area contributed by atoms with Crippen LogP contribution < -0.4 is 4.72 Å². The van der Waals surface area contributed by atoms with Crippen molar-refractivity contribution in [2.24, 2.45) is 0 Å². The number of alkyl halides is 1. The van der Waals surface area contributed by atoms with Gasteiger partial charge in [0.25, 0.3) is 10.0 Å². The lowest BCUT2D eigenvalue weighted by molar-refractivity contribution is 0.601. The van der Waals surface area contributed by atoms with Gasteiger partial charge in [0.2, 0.25) is 0 Å². The van der Waals surface area contributed by atoms with Gasteiger partial charge in [0.15, 0.2) is 0 Å². The lowest BCUT2D eigenvalue weighted by Gasteiger charge is -2.10. The van der Waals surface area contributed by atoms with Crippen LogP contribution in [0.3, 0.4) is 0 Å². The van der Waals surface area contributed by atoms with Gasteiger partial charge in [-0.1, -0.05) is 39.7 Å². The van der Waals surface area contributed by atoms with Crippen molar-refractivity contribution >= 4 is 43.2 Å². The average Bonchev–Trinajstić information content (AvgIpc) is 2.49. The quantitative estimate of drug-likeness (QED) is 0.811. The van der Waals surface area contributed by atoms with Crippen LogP contribution in [0, 0.1) is 11.3 Å². The van der Waals surface area contributed by atoms with Gasteiger partial charge in [-0.3, -0.25) is 4.72 Å². The molecule has 7 heteroatoms. The first-order valence-corrected chi connectivity index (χ1v) is 8.82. The number of hydrogen-bond acceptors (Lipinski definition) is 3. The summed E-state index contributed by atoms with van der Waals surface area (Å²) in [6, 6.07) is 12.8. The van der Waals surface area contributed by atoms with Crippen LogP contribution in [0.4, 0.5) is 5.69 Å². The largest absolute Gasteiger partial charge is 0.278 e. The average molecular weight is 386 g/mol. The molecule has 4 nitrogen and oxygen atoms in total. The Bertz CT molecular complexity index is 799. The van der Waals surface area contributed by atoms with E-state index in [0.29, 0.717) is 10.9 Å². The molecule has 0 aliphatic heterocycles. The topological polar surface area (TPSA) is 70.0 Å². The molecule has 2 aromatic carbocycles. The fraction of sp³-hybridized carbons (Fsp3) is 0.0714. The Labute approximate surface area is 136 Å². The summed E-state index contributed by atoms with van der Waals surface area (Å²) in [7, 11) is -3.71. The van der Waals surface area contributed by atoms with Crippen LogP contribution in [-0.2, 0) is 15.4 Å². The van der Waals surface area contributed by atoms with E-state index < -0.39 is 10.0 Å². The number of nitriles is 1. The molecule has 2 rings (SSSR count). The van der Waals surface area contributed by atoms with Crippen LogP contribution in [0.1, 0.15) is 11.1 Å². The smallest absolute Gasteiger partial charge is 0.261 e. The normalized spacial score (nSPS) is 10.9. The number of rotatable bonds is 4. The van der Waals surface area contributed by atoms with Crippen molar-refractivity contribution in [3.05, 3.63) is 58.6 Å². The second kappa shape index (κ2) is 6.48. The maximum Gasteiger partial charge on any atom is 0.261 e. The lowest BCUT2D eigenvalue weighted by atomic mass is 10.2. The second-order valence-electron chi connectivity index (χ2n) is 4.19. The summed E-state index contributed by atoms with van der Waals surface area (Å²) < 4.78 is 26.9. The molecule has 21 heavy (non-hydrogen) atoms. The fourth-order valence-corrected chi connectivity index (χ4v) is 3.37. The van der Waals surface area contributed by atoms with E-state index in [1.807, 2.05) is 6.07 Å². The summed E-state index contributed by atoms with van der Waals surface area (Å²) in [5.41, 5.74) is 1.58. The van der Waals surface area contributed by atoms with Crippen molar-refractivity contribution in [3.8, 4) is 6.07 Å². The highest BCUT2D eigenvalue weighted by Gasteiger charge is 2.15. The molecule has 2 aromatic rings. The molecule has 0 aliphatic rings. The first kappa shape index (κ1) is 15.8. The first-order valence-electron chi connectivity index (χ1n) is 5.83. The number of halogens is 2. The number of nitrogens with zero attached hydrogens (tertiary/aromatic N) is 1. The zero-order valence-electron chi connectivity index (χ0n) is 10.7. The van der Waals surface area contributed by atoms with Gasteiger partial charge >= 0.3 is 0 Å². The Kier molecular flexibility index (Phi) is 4.88. The molecule has 0 aliphatic carbocycles. The van der Waals surface area contributed by atoms with E-state index in [1.54, 1.807) is 12.1 Å². The number of benzene rings is 2. The maximum absolute atomic E-state index is 12.3. The zero-order chi connectivity index (χ0) is 15.5. The standard InChI is InChI=1S/C14H10BrClN2O2S/c15-8-10-1-4-12(5-2-10)21(19,20)18-14-6-3-11(9-17)7-13(14)16/h1-7,18H,8H2. The highest BCUT2D eigenvalue weighted by atomic mass is 79.9. The van der Waals surface area contributed by atoms with Gasteiger partial charge in [-0.2, -0.15) is 5.26 Å². The molecule has 0 bridgehead atoms. The van der Waals surface area contributed by atoms with E-state index in [-0.39, 0.29) is 15.6 Å². The van der Waals surface area contributed by atoms with Gasteiger partial charge in [-0.15, -0.1) is 0 Å². The predicted octanol–water partition coefficient (Wildman–Crippen LogP) is 3.91. The molecule has 0 unspecified atom stereocenters. The Hall–Kier alpha value is -1.55. The van der Waals surface area contributed by atoms with Gasteiger partial charge in [0.05, 0.1) is 27.2 Å². The first-order chi connectivity index (χ1) is 9.96. The third-order valence-corrected chi connectivity index (χ3v) is 5.07. The third kappa shape index (κ3) is 3.76. The summed E-state index contributed by atoms with van der Waals surface area (Å²) in [4.78, 5) is 0.146. The number of nitrogens with one attached hydrogen (secondary N) is 1. The number of sulfonamides is 1. The summed E-state index contributed by atoms with van der Waals surface area (Å²) >= 11 is 9.27. The Morgan fingerprint density at radius 3 is 2.38 bits per heavy atom. The Morgan fingerprint density at radius 1 is 1.19 bits per heavy atom. The van der Waals surface area contributed by atoms with Crippen molar-refractivity contribution in [3.63, 3.8) is 0 Å². The van der Waals surface area contributed by atoms with Crippen LogP contribution in [0.5, 0.6) is 0 Å². The van der Waals surface area contributed by atoms with Crippen LogP contribution >= 0.6 is 27.5 Å². The minimum atomic E-state index is -3.71. The molecule has 0 aromatic heterocycles. The molecule has 0 saturated heterocycles. The SMILES string of the molecule is N#Cc1ccc(NS(=O)(=O)c2ccc(CBr)cc2)c(Cl)c1. The monoisotopic (exact) mass is 384 g/mol. The van der Waals surface area contributed by atoms with Gasteiger partial charge in [-0.25, -0.2) is 8.42 Å². The zero-order valence-corrected chi connectivity index (χ0v) is 13.8. The van der Waals surface area contributed by atoms with Crippen LogP contribution in [0.15, 0.2) is 47.4 Å². The summed E-state index contributed by atoms with van der Waals surface area (Å²) in [6.45, 7) is 0. The molecule has 0 spiro atoms. The predicted molar refractivity (Wildman–Crippen MR) is 86.0 cm³/mol. The molecule has 0 heterocycles. The van der Waals surface area contributed by atoms with E-state index in [2.05, 4.69) is 20.7 Å². The molecule has 0 radical (unpaired) electrons. The Morgan fingerprint density at radius 2 is 1.86 bits per heavy atom. The highest BCUT2D eigenvalue weighted by Crippen LogP contribution is 2.25. The van der Waals surface area contributed by atoms with E-state index in [9.17, 15) is 8.42 Å². The van der Waals surface area contributed by atoms with Crippen LogP contribution in [-0.4, -0.2) is 8.42 Å². The molecule has 1 N–H and O–H groups in total. The lowest BCUT2D eigenvalue weighted by Crippen LogP contribution is -2.13. The maximum atomic E-state index is 12.3.